The van der Waals surface area contributed by atoms with E-state index in [9.17, 15) is 10.2 Å². The number of aliphatic imine (C=N–C) groups is 2. The van der Waals surface area contributed by atoms with Crippen LogP contribution in [-0.2, 0) is 49.0 Å². The number of carboxylic acid groups (broad SMARTS) is 2. The number of phenolic OH excluding ortho intramolecular Hbond substituents is 2. The van der Waals surface area contributed by atoms with Gasteiger partial charge in [-0.3, -0.25) is 19.6 Å². The number of para-hydroxylation sites is 2. The predicted molar refractivity (Wildman–Crippen MR) is 153 cm³/mol. The number of hydrogen-bond acceptors (Lipinski definition) is 6. The van der Waals surface area contributed by atoms with Crippen molar-refractivity contribution in [3.63, 3.8) is 0 Å². The smallest absolute Gasteiger partial charge is 0.300 e. The van der Waals surface area contributed by atoms with E-state index in [4.69, 9.17) is 19.8 Å². The second-order valence-corrected chi connectivity index (χ2v) is 8.18. The molecule has 0 saturated heterocycles. The van der Waals surface area contributed by atoms with Gasteiger partial charge in [-0.15, -0.1) is 0 Å². The van der Waals surface area contributed by atoms with Crippen molar-refractivity contribution < 1.29 is 63.0 Å². The van der Waals surface area contributed by atoms with E-state index in [1.165, 1.54) is 11.1 Å². The number of phenols is 2. The number of benzene rings is 4. The molecule has 0 bridgehead atoms. The number of carbonyl (C=O) groups is 2. The summed E-state index contributed by atoms with van der Waals surface area (Å²) >= 11 is 0. The van der Waals surface area contributed by atoms with Gasteiger partial charge >= 0.3 is 0 Å². The first-order valence-electron chi connectivity index (χ1n) is 11.8. The normalized spacial score (nSPS) is 9.80. The van der Waals surface area contributed by atoms with Crippen LogP contribution in [-0.4, -0.2) is 44.8 Å². The second kappa shape index (κ2) is 19.7. The summed E-state index contributed by atoms with van der Waals surface area (Å²) in [5.41, 5.74) is 5.43. The van der Waals surface area contributed by atoms with Gasteiger partial charge in [0.1, 0.15) is 11.5 Å². The van der Waals surface area contributed by atoms with E-state index in [2.05, 4.69) is 34.3 Å². The Morgan fingerprint density at radius 3 is 1.17 bits per heavy atom. The van der Waals surface area contributed by atoms with E-state index >= 15 is 0 Å². The van der Waals surface area contributed by atoms with Crippen LogP contribution in [0.15, 0.2) is 107 Å². The van der Waals surface area contributed by atoms with Gasteiger partial charge in [0.2, 0.25) is 0 Å². The largest absolute Gasteiger partial charge is 0.507 e. The summed E-state index contributed by atoms with van der Waals surface area (Å²) in [6.45, 7) is 2.17. The van der Waals surface area contributed by atoms with Gasteiger partial charge < -0.3 is 20.4 Å². The minimum atomic E-state index is -0.833. The van der Waals surface area contributed by atoms with Gasteiger partial charge in [-0.05, 0) is 66.1 Å². The van der Waals surface area contributed by atoms with Crippen LogP contribution in [0.25, 0.3) is 0 Å². The fraction of sp³-hybridized carbons (Fsp3) is 0.0968. The molecule has 4 N–H and O–H groups in total. The molecule has 0 fully saturated rings. The molecule has 4 rings (SSSR count). The maximum atomic E-state index is 9.81. The third kappa shape index (κ3) is 15.2. The van der Waals surface area contributed by atoms with Crippen LogP contribution in [0, 0.1) is 0 Å². The zero-order valence-corrected chi connectivity index (χ0v) is 24.2. The molecule has 0 heterocycles. The van der Waals surface area contributed by atoms with Gasteiger partial charge in [-0.25, -0.2) is 0 Å². The molecule has 10 heteroatoms. The Morgan fingerprint density at radius 2 is 0.878 bits per heavy atom. The van der Waals surface area contributed by atoms with Gasteiger partial charge in [0, 0.05) is 70.4 Å². The number of aliphatic carboxylic acids is 2. The van der Waals surface area contributed by atoms with E-state index < -0.39 is 11.9 Å². The molecule has 4 aromatic carbocycles. The SMILES string of the molecule is CC(=O)O.CC(=O)O.Oc1ccccc1C=Nc1ccc(Cc2ccc(N=Cc3ccccc3O)cc2)cc1.[Ni].[Ni]. The van der Waals surface area contributed by atoms with E-state index in [0.717, 1.165) is 31.6 Å². The van der Waals surface area contributed by atoms with E-state index in [1.807, 2.05) is 48.5 Å². The van der Waals surface area contributed by atoms with E-state index in [-0.39, 0.29) is 44.5 Å². The third-order valence-corrected chi connectivity index (χ3v) is 4.86. The average molecular weight is 644 g/mol. The summed E-state index contributed by atoms with van der Waals surface area (Å²) in [5, 5.41) is 34.5. The van der Waals surface area contributed by atoms with Crippen LogP contribution in [0.5, 0.6) is 11.5 Å². The van der Waals surface area contributed by atoms with Crippen molar-refractivity contribution in [1.29, 1.82) is 0 Å². The van der Waals surface area contributed by atoms with Crippen LogP contribution < -0.4 is 0 Å². The zero-order valence-electron chi connectivity index (χ0n) is 22.2. The van der Waals surface area contributed by atoms with Crippen molar-refractivity contribution in [3.8, 4) is 11.5 Å². The summed E-state index contributed by atoms with van der Waals surface area (Å²) in [4.78, 5) is 26.9. The molecule has 0 radical (unpaired) electrons. The molecule has 8 nitrogen and oxygen atoms in total. The molecule has 0 saturated carbocycles. The van der Waals surface area contributed by atoms with Crippen molar-refractivity contribution >= 4 is 35.7 Å². The number of nitrogens with zero attached hydrogens (tertiary/aromatic N) is 2. The molecular formula is C31H30N2Ni2O6. The Kier molecular flexibility index (Phi) is 17.7. The maximum absolute atomic E-state index is 9.81. The topological polar surface area (TPSA) is 140 Å². The first-order chi connectivity index (χ1) is 18.6. The van der Waals surface area contributed by atoms with Crippen molar-refractivity contribution in [1.82, 2.24) is 0 Å². The minimum absolute atomic E-state index is 0. The molecule has 4 aromatic rings. The Bertz CT molecular complexity index is 1310. The zero-order chi connectivity index (χ0) is 28.6. The first-order valence-corrected chi connectivity index (χ1v) is 11.8. The summed E-state index contributed by atoms with van der Waals surface area (Å²) in [6.07, 6.45) is 4.14. The molecule has 0 atom stereocenters. The quantitative estimate of drug-likeness (QED) is 0.142. The summed E-state index contributed by atoms with van der Waals surface area (Å²) in [6, 6.07) is 30.3. The fourth-order valence-electron chi connectivity index (χ4n) is 3.12. The van der Waals surface area contributed by atoms with Crippen molar-refractivity contribution in [2.75, 3.05) is 0 Å². The standard InChI is InChI=1S/C27H22N2O2.2C2H4O2.2Ni/c30-26-7-3-1-5-22(26)18-28-24-13-9-20(10-14-24)17-21-11-15-25(16-12-21)29-19-23-6-2-4-8-27(23)31;2*1-2(3)4;;/h1-16,18-19,30-31H,17H2;2*1H3,(H,3,4);;. The van der Waals surface area contributed by atoms with Crippen LogP contribution in [0.2, 0.25) is 0 Å². The van der Waals surface area contributed by atoms with Crippen molar-refractivity contribution in [3.05, 3.63) is 119 Å². The Labute approximate surface area is 259 Å². The molecule has 41 heavy (non-hydrogen) atoms. The predicted octanol–water partition coefficient (Wildman–Crippen LogP) is 6.37. The summed E-state index contributed by atoms with van der Waals surface area (Å²) in [5.74, 6) is -1.23. The Morgan fingerprint density at radius 1 is 0.585 bits per heavy atom. The molecule has 0 aliphatic heterocycles. The van der Waals surface area contributed by atoms with Gasteiger partial charge in [-0.1, -0.05) is 48.5 Å². The summed E-state index contributed by atoms with van der Waals surface area (Å²) in [7, 11) is 0. The fourth-order valence-corrected chi connectivity index (χ4v) is 3.12. The third-order valence-electron chi connectivity index (χ3n) is 4.86. The maximum Gasteiger partial charge on any atom is 0.300 e. The molecule has 0 spiro atoms. The van der Waals surface area contributed by atoms with Gasteiger partial charge in [-0.2, -0.15) is 0 Å². The first kappa shape index (κ1) is 36.7. The molecular weight excluding hydrogens is 614 g/mol. The van der Waals surface area contributed by atoms with Crippen LogP contribution in [0.3, 0.4) is 0 Å². The Balaban J connectivity index is 0.00000142. The molecule has 220 valence electrons. The van der Waals surface area contributed by atoms with Crippen LogP contribution >= 0.6 is 0 Å². The average Bonchev–Trinajstić information content (AvgIpc) is 2.89. The number of rotatable bonds is 6. The molecule has 0 aromatic heterocycles. The monoisotopic (exact) mass is 642 g/mol. The molecule has 0 aliphatic rings. The number of aromatic hydroxyl groups is 2. The number of carboxylic acids is 2. The minimum Gasteiger partial charge on any atom is -0.507 e. The van der Waals surface area contributed by atoms with E-state index in [0.29, 0.717) is 11.1 Å². The molecule has 0 amide bonds. The summed E-state index contributed by atoms with van der Waals surface area (Å²) < 4.78 is 0. The van der Waals surface area contributed by atoms with Crippen molar-refractivity contribution in [2.45, 2.75) is 20.3 Å². The van der Waals surface area contributed by atoms with Gasteiger partial charge in [0.05, 0.1) is 11.4 Å². The molecule has 0 unspecified atom stereocenters. The van der Waals surface area contributed by atoms with Crippen LogP contribution in [0.1, 0.15) is 36.1 Å². The van der Waals surface area contributed by atoms with E-state index in [1.54, 1.807) is 36.7 Å². The second-order valence-electron chi connectivity index (χ2n) is 8.18. The number of hydrogen-bond donors (Lipinski definition) is 4. The van der Waals surface area contributed by atoms with Crippen molar-refractivity contribution in [2.24, 2.45) is 9.98 Å². The van der Waals surface area contributed by atoms with Gasteiger partial charge in [0.25, 0.3) is 11.9 Å². The molecule has 0 aliphatic carbocycles. The van der Waals surface area contributed by atoms with Crippen LogP contribution in [0.4, 0.5) is 11.4 Å². The Hall–Kier alpha value is -4.25. The van der Waals surface area contributed by atoms with Gasteiger partial charge in [0.15, 0.2) is 0 Å².